The maximum absolute atomic E-state index is 12.7. The molecule has 186 valence electrons. The first-order valence-corrected chi connectivity index (χ1v) is 12.1. The molecule has 36 heavy (non-hydrogen) atoms. The van der Waals surface area contributed by atoms with Crippen LogP contribution in [0.2, 0.25) is 5.02 Å². The number of nitrogens with one attached hydrogen (secondary N) is 2. The summed E-state index contributed by atoms with van der Waals surface area (Å²) in [5.74, 6) is 0.0617. The molecular weight excluding hydrogens is 546 g/mol. The van der Waals surface area contributed by atoms with Gasteiger partial charge in [0.25, 0.3) is 11.8 Å². The summed E-state index contributed by atoms with van der Waals surface area (Å²) >= 11 is 9.71. The van der Waals surface area contributed by atoms with E-state index in [9.17, 15) is 9.59 Å². The molecule has 0 saturated carbocycles. The molecule has 9 heteroatoms. The summed E-state index contributed by atoms with van der Waals surface area (Å²) in [6, 6.07) is 19.6. The molecule has 2 N–H and O–H groups in total. The molecule has 0 aromatic heterocycles. The van der Waals surface area contributed by atoms with E-state index in [2.05, 4.69) is 31.8 Å². The number of hydrogen-bond donors (Lipinski definition) is 2. The molecule has 0 radical (unpaired) electrons. The van der Waals surface area contributed by atoms with Crippen molar-refractivity contribution in [3.05, 3.63) is 104 Å². The maximum Gasteiger partial charge on any atom is 0.287 e. The predicted octanol–water partition coefficient (Wildman–Crippen LogP) is 5.86. The number of nitrogens with zero attached hydrogens (tertiary/aromatic N) is 1. The molecule has 3 aromatic carbocycles. The average molecular weight is 571 g/mol. The van der Waals surface area contributed by atoms with E-state index in [1.54, 1.807) is 56.3 Å². The number of hydrazone groups is 1. The van der Waals surface area contributed by atoms with Crippen molar-refractivity contribution in [1.82, 2.24) is 10.7 Å². The van der Waals surface area contributed by atoms with Gasteiger partial charge in [0.1, 0.15) is 12.3 Å². The highest BCUT2D eigenvalue weighted by molar-refractivity contribution is 9.10. The lowest BCUT2D eigenvalue weighted by molar-refractivity contribution is -0.117. The zero-order chi connectivity index (χ0) is 26.1. The number of hydrogen-bond acceptors (Lipinski definition) is 5. The van der Waals surface area contributed by atoms with E-state index in [4.69, 9.17) is 21.1 Å². The van der Waals surface area contributed by atoms with Gasteiger partial charge in [0.15, 0.2) is 11.5 Å². The quantitative estimate of drug-likeness (QED) is 0.191. The zero-order valence-electron chi connectivity index (χ0n) is 20.0. The fraction of sp³-hybridized carbons (Fsp3) is 0.148. The van der Waals surface area contributed by atoms with Crippen LogP contribution in [0.25, 0.3) is 0 Å². The second-order valence-corrected chi connectivity index (χ2v) is 9.07. The highest BCUT2D eigenvalue weighted by atomic mass is 79.9. The largest absolute Gasteiger partial charge is 0.493 e. The molecule has 3 rings (SSSR count). The molecule has 7 nitrogen and oxygen atoms in total. The van der Waals surface area contributed by atoms with Crippen LogP contribution in [-0.4, -0.2) is 25.1 Å². The SMILES string of the molecule is COc1cc(C=NNC(=O)C(NC(=O)c2ccccc2)=C(C)C)cc(Br)c1OCc1ccccc1Cl. The molecule has 0 spiro atoms. The Balaban J connectivity index is 1.68. The zero-order valence-corrected chi connectivity index (χ0v) is 22.3. The highest BCUT2D eigenvalue weighted by Gasteiger charge is 2.16. The van der Waals surface area contributed by atoms with Crippen LogP contribution in [0.5, 0.6) is 11.5 Å². The maximum atomic E-state index is 12.7. The number of allylic oxidation sites excluding steroid dienone is 1. The summed E-state index contributed by atoms with van der Waals surface area (Å²) in [5, 5.41) is 7.29. The Morgan fingerprint density at radius 2 is 1.75 bits per heavy atom. The third-order valence-corrected chi connectivity index (χ3v) is 5.92. The third-order valence-electron chi connectivity index (χ3n) is 4.96. The first-order chi connectivity index (χ1) is 17.3. The Hall–Kier alpha value is -3.62. The summed E-state index contributed by atoms with van der Waals surface area (Å²) in [7, 11) is 1.53. The summed E-state index contributed by atoms with van der Waals surface area (Å²) in [6.07, 6.45) is 1.46. The molecule has 0 saturated heterocycles. The molecule has 0 unspecified atom stereocenters. The van der Waals surface area contributed by atoms with Gasteiger partial charge in [-0.25, -0.2) is 5.43 Å². The summed E-state index contributed by atoms with van der Waals surface area (Å²) < 4.78 is 12.1. The Morgan fingerprint density at radius 3 is 2.42 bits per heavy atom. The van der Waals surface area contributed by atoms with Crippen LogP contribution >= 0.6 is 27.5 Å². The second-order valence-electron chi connectivity index (χ2n) is 7.81. The number of benzene rings is 3. The highest BCUT2D eigenvalue weighted by Crippen LogP contribution is 2.37. The summed E-state index contributed by atoms with van der Waals surface area (Å²) in [5.41, 5.74) is 5.15. The van der Waals surface area contributed by atoms with E-state index in [1.165, 1.54) is 13.3 Å². The lowest BCUT2D eigenvalue weighted by Gasteiger charge is -2.14. The molecule has 0 fully saturated rings. The predicted molar refractivity (Wildman–Crippen MR) is 144 cm³/mol. The van der Waals surface area contributed by atoms with Crippen molar-refractivity contribution in [2.24, 2.45) is 5.10 Å². The van der Waals surface area contributed by atoms with Crippen LogP contribution < -0.4 is 20.2 Å². The molecule has 0 aliphatic heterocycles. The lowest BCUT2D eigenvalue weighted by Crippen LogP contribution is -2.33. The van der Waals surface area contributed by atoms with Crippen molar-refractivity contribution in [2.45, 2.75) is 20.5 Å². The van der Waals surface area contributed by atoms with Crippen LogP contribution in [-0.2, 0) is 11.4 Å². The van der Waals surface area contributed by atoms with Gasteiger partial charge in [0, 0.05) is 16.1 Å². The van der Waals surface area contributed by atoms with Gasteiger partial charge in [-0.3, -0.25) is 9.59 Å². The number of carbonyl (C=O) groups is 2. The molecule has 0 heterocycles. The lowest BCUT2D eigenvalue weighted by atomic mass is 10.2. The van der Waals surface area contributed by atoms with E-state index in [1.807, 2.05) is 24.3 Å². The Morgan fingerprint density at radius 1 is 1.06 bits per heavy atom. The second kappa shape index (κ2) is 12.9. The molecule has 0 bridgehead atoms. The molecular formula is C27H25BrClN3O4. The standard InChI is InChI=1S/C27H25BrClN3O4/c1-17(2)24(31-26(33)19-9-5-4-6-10-19)27(34)32-30-15-18-13-21(28)25(23(14-18)35-3)36-16-20-11-7-8-12-22(20)29/h4-15H,16H2,1-3H3,(H,31,33)(H,32,34). The van der Waals surface area contributed by atoms with Crippen molar-refractivity contribution >= 4 is 45.6 Å². The van der Waals surface area contributed by atoms with Crippen LogP contribution in [0.1, 0.15) is 35.3 Å². The van der Waals surface area contributed by atoms with Gasteiger partial charge in [-0.15, -0.1) is 0 Å². The fourth-order valence-corrected chi connectivity index (χ4v) is 3.89. The van der Waals surface area contributed by atoms with Crippen LogP contribution in [0, 0.1) is 0 Å². The van der Waals surface area contributed by atoms with E-state index >= 15 is 0 Å². The van der Waals surface area contributed by atoms with E-state index in [0.717, 1.165) is 5.56 Å². The molecule has 3 aromatic rings. The molecule has 0 atom stereocenters. The number of ether oxygens (including phenoxy) is 2. The molecule has 0 aliphatic carbocycles. The van der Waals surface area contributed by atoms with Crippen molar-refractivity contribution in [2.75, 3.05) is 7.11 Å². The number of amides is 2. The van der Waals surface area contributed by atoms with Crippen molar-refractivity contribution in [3.63, 3.8) is 0 Å². The van der Waals surface area contributed by atoms with Crippen LogP contribution in [0.15, 0.2) is 87.6 Å². The minimum Gasteiger partial charge on any atom is -0.493 e. The number of rotatable bonds is 9. The Bertz CT molecular complexity index is 1310. The first-order valence-electron chi connectivity index (χ1n) is 10.9. The van der Waals surface area contributed by atoms with E-state index in [-0.39, 0.29) is 18.2 Å². The van der Waals surface area contributed by atoms with Crippen LogP contribution in [0.3, 0.4) is 0 Å². The number of carbonyl (C=O) groups excluding carboxylic acids is 2. The van der Waals surface area contributed by atoms with E-state index < -0.39 is 5.91 Å². The van der Waals surface area contributed by atoms with Crippen molar-refractivity contribution in [1.29, 1.82) is 0 Å². The van der Waals surface area contributed by atoms with Crippen molar-refractivity contribution in [3.8, 4) is 11.5 Å². The minimum atomic E-state index is -0.541. The summed E-state index contributed by atoms with van der Waals surface area (Å²) in [6.45, 7) is 3.72. The molecule has 0 aliphatic rings. The van der Waals surface area contributed by atoms with Gasteiger partial charge in [-0.2, -0.15) is 5.10 Å². The van der Waals surface area contributed by atoms with Gasteiger partial charge in [-0.05, 0) is 71.2 Å². The van der Waals surface area contributed by atoms with Gasteiger partial charge in [0.05, 0.1) is 17.8 Å². The number of methoxy groups -OCH3 is 1. The topological polar surface area (TPSA) is 89.0 Å². The first kappa shape index (κ1) is 27.0. The third kappa shape index (κ3) is 7.19. The normalized spacial score (nSPS) is 10.6. The van der Waals surface area contributed by atoms with Crippen LogP contribution in [0.4, 0.5) is 0 Å². The Kier molecular flexibility index (Phi) is 9.67. The minimum absolute atomic E-state index is 0.128. The molecule has 2 amide bonds. The van der Waals surface area contributed by atoms with Gasteiger partial charge < -0.3 is 14.8 Å². The van der Waals surface area contributed by atoms with Gasteiger partial charge in [0.2, 0.25) is 0 Å². The van der Waals surface area contributed by atoms with Crippen molar-refractivity contribution < 1.29 is 19.1 Å². The van der Waals surface area contributed by atoms with E-state index in [0.29, 0.717) is 37.7 Å². The Labute approximate surface area is 223 Å². The fourth-order valence-electron chi connectivity index (χ4n) is 3.13. The van der Waals surface area contributed by atoms with Gasteiger partial charge >= 0.3 is 0 Å². The monoisotopic (exact) mass is 569 g/mol. The number of halogens is 2. The summed E-state index contributed by atoms with van der Waals surface area (Å²) in [4.78, 5) is 25.1. The smallest absolute Gasteiger partial charge is 0.287 e. The average Bonchev–Trinajstić information content (AvgIpc) is 2.87. The van der Waals surface area contributed by atoms with Gasteiger partial charge in [-0.1, -0.05) is 48.0 Å².